The standard InChI is InChI=1S/C24H28N2O3/c1-3-15-14-26-11-9-17(15)12-22(26)23(29-24(27)16-4-5-16)19-8-10-25-21-7-6-18(28-2)13-20(19)21/h3,6-8,10,13,15-17,22-23H,1,4-5,9,11-12,14H2,2H3/t15-,17?,22?,23?/m1/s1. The van der Waals surface area contributed by atoms with Gasteiger partial charge in [0, 0.05) is 23.7 Å². The van der Waals surface area contributed by atoms with Crippen molar-refractivity contribution in [3.05, 3.63) is 48.7 Å². The van der Waals surface area contributed by atoms with Gasteiger partial charge in [-0.25, -0.2) is 0 Å². The minimum atomic E-state index is -0.283. The van der Waals surface area contributed by atoms with Crippen LogP contribution in [0, 0.1) is 17.8 Å². The number of piperidine rings is 3. The van der Waals surface area contributed by atoms with E-state index in [1.807, 2.05) is 30.5 Å². The highest BCUT2D eigenvalue weighted by molar-refractivity contribution is 5.84. The molecule has 4 fully saturated rings. The third-order valence-electron chi connectivity index (χ3n) is 6.95. The van der Waals surface area contributed by atoms with Crippen LogP contribution < -0.4 is 4.74 Å². The molecule has 3 saturated heterocycles. The lowest BCUT2D eigenvalue weighted by atomic mass is 9.73. The van der Waals surface area contributed by atoms with E-state index in [1.54, 1.807) is 7.11 Å². The quantitative estimate of drug-likeness (QED) is 0.546. The van der Waals surface area contributed by atoms with Crippen LogP contribution in [-0.2, 0) is 9.53 Å². The number of carbonyl (C=O) groups is 1. The smallest absolute Gasteiger partial charge is 0.309 e. The Morgan fingerprint density at radius 2 is 2.17 bits per heavy atom. The molecule has 29 heavy (non-hydrogen) atoms. The summed E-state index contributed by atoms with van der Waals surface area (Å²) in [5, 5.41) is 1.00. The van der Waals surface area contributed by atoms with E-state index in [4.69, 9.17) is 9.47 Å². The number of hydrogen-bond acceptors (Lipinski definition) is 5. The van der Waals surface area contributed by atoms with Gasteiger partial charge >= 0.3 is 5.97 Å². The molecule has 2 aromatic rings. The van der Waals surface area contributed by atoms with Crippen LogP contribution in [0.2, 0.25) is 0 Å². The molecule has 1 aliphatic carbocycles. The van der Waals surface area contributed by atoms with E-state index in [0.717, 1.165) is 54.6 Å². The highest BCUT2D eigenvalue weighted by Gasteiger charge is 2.45. The van der Waals surface area contributed by atoms with Gasteiger partial charge in [-0.3, -0.25) is 14.7 Å². The molecule has 1 saturated carbocycles. The van der Waals surface area contributed by atoms with E-state index < -0.39 is 0 Å². The molecule has 1 aromatic carbocycles. The van der Waals surface area contributed by atoms with E-state index in [2.05, 4.69) is 22.5 Å². The molecule has 2 bridgehead atoms. The number of aromatic nitrogens is 1. The highest BCUT2D eigenvalue weighted by Crippen LogP contribution is 2.44. The number of esters is 1. The maximum Gasteiger partial charge on any atom is 0.309 e. The van der Waals surface area contributed by atoms with Crippen molar-refractivity contribution >= 4 is 16.9 Å². The Bertz CT molecular complexity index is 939. The number of rotatable bonds is 6. The third-order valence-corrected chi connectivity index (χ3v) is 6.95. The number of benzene rings is 1. The van der Waals surface area contributed by atoms with Crippen LogP contribution in [0.25, 0.3) is 10.9 Å². The molecule has 5 heteroatoms. The number of carbonyl (C=O) groups excluding carboxylic acids is 1. The Kier molecular flexibility index (Phi) is 4.78. The molecule has 0 radical (unpaired) electrons. The van der Waals surface area contributed by atoms with Crippen molar-refractivity contribution in [3.8, 4) is 5.75 Å². The Labute approximate surface area is 171 Å². The molecule has 0 spiro atoms. The lowest BCUT2D eigenvalue weighted by Crippen LogP contribution is -2.55. The zero-order valence-corrected chi connectivity index (χ0v) is 16.9. The molecular formula is C24H28N2O3. The van der Waals surface area contributed by atoms with Crippen LogP contribution in [0.4, 0.5) is 0 Å². The Balaban J connectivity index is 1.55. The van der Waals surface area contributed by atoms with Gasteiger partial charge in [0.15, 0.2) is 0 Å². The Morgan fingerprint density at radius 1 is 1.31 bits per heavy atom. The molecule has 4 aliphatic rings. The zero-order valence-electron chi connectivity index (χ0n) is 16.9. The maximum absolute atomic E-state index is 12.7. The van der Waals surface area contributed by atoms with Crippen LogP contribution >= 0.6 is 0 Å². The highest BCUT2D eigenvalue weighted by atomic mass is 16.5. The normalized spacial score (nSPS) is 29.4. The summed E-state index contributed by atoms with van der Waals surface area (Å²) in [5.41, 5.74) is 1.94. The number of hydrogen-bond donors (Lipinski definition) is 0. The predicted octanol–water partition coefficient (Wildman–Crippen LogP) is 4.13. The van der Waals surface area contributed by atoms with Crippen molar-refractivity contribution < 1.29 is 14.3 Å². The van der Waals surface area contributed by atoms with Gasteiger partial charge in [0.05, 0.1) is 24.6 Å². The SMILES string of the molecule is C=C[C@@H]1CN2CCC1CC2C(OC(=O)C1CC1)c1ccnc2ccc(OC)cc12. The number of pyridine rings is 1. The van der Waals surface area contributed by atoms with Crippen molar-refractivity contribution in [2.24, 2.45) is 17.8 Å². The molecule has 152 valence electrons. The number of fused-ring (bicyclic) bond motifs is 4. The minimum absolute atomic E-state index is 0.0502. The van der Waals surface area contributed by atoms with E-state index in [-0.39, 0.29) is 24.0 Å². The Morgan fingerprint density at radius 3 is 2.86 bits per heavy atom. The summed E-state index contributed by atoms with van der Waals surface area (Å²) in [6.45, 7) is 6.10. The average molecular weight is 392 g/mol. The topological polar surface area (TPSA) is 51.7 Å². The molecule has 1 aromatic heterocycles. The van der Waals surface area contributed by atoms with Crippen LogP contribution in [0.5, 0.6) is 5.75 Å². The summed E-state index contributed by atoms with van der Waals surface area (Å²) < 4.78 is 11.7. The van der Waals surface area contributed by atoms with Gasteiger partial charge in [-0.1, -0.05) is 6.08 Å². The third kappa shape index (κ3) is 3.42. The second kappa shape index (κ2) is 7.45. The van der Waals surface area contributed by atoms with Gasteiger partial charge in [-0.05, 0) is 68.3 Å². The summed E-state index contributed by atoms with van der Waals surface area (Å²) in [7, 11) is 1.67. The van der Waals surface area contributed by atoms with E-state index >= 15 is 0 Å². The molecular weight excluding hydrogens is 364 g/mol. The summed E-state index contributed by atoms with van der Waals surface area (Å²) in [6, 6.07) is 8.12. The molecule has 5 atom stereocenters. The average Bonchev–Trinajstić information content (AvgIpc) is 3.62. The fraction of sp³-hybridized carbons (Fsp3) is 0.500. The van der Waals surface area contributed by atoms with Gasteiger partial charge in [-0.2, -0.15) is 0 Å². The van der Waals surface area contributed by atoms with Crippen LogP contribution in [-0.4, -0.2) is 42.1 Å². The van der Waals surface area contributed by atoms with Crippen molar-refractivity contribution in [2.75, 3.05) is 20.2 Å². The maximum atomic E-state index is 12.7. The first-order valence-electron chi connectivity index (χ1n) is 10.7. The second-order valence-electron chi connectivity index (χ2n) is 8.66. The summed E-state index contributed by atoms with van der Waals surface area (Å²) in [4.78, 5) is 19.7. The van der Waals surface area contributed by atoms with Gasteiger partial charge in [0.2, 0.25) is 0 Å². The molecule has 0 N–H and O–H groups in total. The monoisotopic (exact) mass is 392 g/mol. The van der Waals surface area contributed by atoms with Gasteiger partial charge in [-0.15, -0.1) is 6.58 Å². The lowest BCUT2D eigenvalue weighted by molar-refractivity contribution is -0.158. The van der Waals surface area contributed by atoms with Crippen molar-refractivity contribution in [1.29, 1.82) is 0 Å². The molecule has 4 heterocycles. The van der Waals surface area contributed by atoms with Crippen LogP contribution in [0.15, 0.2) is 43.1 Å². The number of ether oxygens (including phenoxy) is 2. The number of nitrogens with zero attached hydrogens (tertiary/aromatic N) is 2. The van der Waals surface area contributed by atoms with E-state index in [9.17, 15) is 4.79 Å². The molecule has 4 unspecified atom stereocenters. The van der Waals surface area contributed by atoms with Gasteiger partial charge < -0.3 is 9.47 Å². The first kappa shape index (κ1) is 18.6. The summed E-state index contributed by atoms with van der Waals surface area (Å²) >= 11 is 0. The summed E-state index contributed by atoms with van der Waals surface area (Å²) in [6.07, 6.45) is 7.77. The van der Waals surface area contributed by atoms with Crippen molar-refractivity contribution in [2.45, 2.75) is 37.8 Å². The first-order chi connectivity index (χ1) is 14.2. The molecule has 5 nitrogen and oxygen atoms in total. The van der Waals surface area contributed by atoms with Crippen LogP contribution in [0.1, 0.15) is 37.4 Å². The van der Waals surface area contributed by atoms with Crippen LogP contribution in [0.3, 0.4) is 0 Å². The van der Waals surface area contributed by atoms with E-state index in [0.29, 0.717) is 11.8 Å². The fourth-order valence-electron chi connectivity index (χ4n) is 5.10. The lowest BCUT2D eigenvalue weighted by Gasteiger charge is -2.51. The largest absolute Gasteiger partial charge is 0.497 e. The molecule has 6 rings (SSSR count). The fourth-order valence-corrected chi connectivity index (χ4v) is 5.10. The van der Waals surface area contributed by atoms with Gasteiger partial charge in [0.25, 0.3) is 0 Å². The minimum Gasteiger partial charge on any atom is -0.497 e. The zero-order chi connectivity index (χ0) is 20.0. The molecule has 0 amide bonds. The predicted molar refractivity (Wildman–Crippen MR) is 112 cm³/mol. The second-order valence-corrected chi connectivity index (χ2v) is 8.66. The first-order valence-corrected chi connectivity index (χ1v) is 10.7. The Hall–Kier alpha value is -2.40. The summed E-state index contributed by atoms with van der Waals surface area (Å²) in [5.74, 6) is 1.97. The van der Waals surface area contributed by atoms with Crippen molar-refractivity contribution in [1.82, 2.24) is 9.88 Å². The molecule has 3 aliphatic heterocycles. The van der Waals surface area contributed by atoms with Crippen molar-refractivity contribution in [3.63, 3.8) is 0 Å². The van der Waals surface area contributed by atoms with Gasteiger partial charge in [0.1, 0.15) is 11.9 Å². The van der Waals surface area contributed by atoms with E-state index in [1.165, 1.54) is 6.42 Å². The number of methoxy groups -OCH3 is 1.